The predicted octanol–water partition coefficient (Wildman–Crippen LogP) is 4.64. The molecule has 0 unspecified atom stereocenters. The Hall–Kier alpha value is -4.15. The largest absolute Gasteiger partial charge is 0.492 e. The molecule has 3 aromatic rings. The number of carbonyl (C=O) groups excluding carboxylic acids is 2. The van der Waals surface area contributed by atoms with Crippen LogP contribution in [0.5, 0.6) is 5.75 Å². The Kier molecular flexibility index (Phi) is 6.62. The van der Waals surface area contributed by atoms with Gasteiger partial charge >= 0.3 is 6.09 Å². The molecule has 1 aromatic heterocycles. The zero-order valence-electron chi connectivity index (χ0n) is 17.4. The van der Waals surface area contributed by atoms with Crippen LogP contribution in [-0.4, -0.2) is 23.6 Å². The van der Waals surface area contributed by atoms with Gasteiger partial charge < -0.3 is 20.1 Å². The van der Waals surface area contributed by atoms with Gasteiger partial charge in [0, 0.05) is 30.4 Å². The van der Waals surface area contributed by atoms with Crippen molar-refractivity contribution >= 4 is 17.7 Å². The average molecular weight is 475 g/mol. The van der Waals surface area contributed by atoms with Crippen LogP contribution in [0.3, 0.4) is 0 Å². The lowest BCUT2D eigenvalue weighted by Crippen LogP contribution is -2.34. The van der Waals surface area contributed by atoms with Gasteiger partial charge in [0.05, 0.1) is 23.9 Å². The molecule has 0 bridgehead atoms. The van der Waals surface area contributed by atoms with Crippen molar-refractivity contribution < 1.29 is 36.6 Å². The third-order valence-electron chi connectivity index (χ3n) is 5.00. The first-order valence-electron chi connectivity index (χ1n) is 10.1. The van der Waals surface area contributed by atoms with E-state index in [-0.39, 0.29) is 30.9 Å². The van der Waals surface area contributed by atoms with E-state index in [1.54, 1.807) is 18.2 Å². The third-order valence-corrected chi connectivity index (χ3v) is 5.00. The van der Waals surface area contributed by atoms with E-state index < -0.39 is 52.6 Å². The fourth-order valence-corrected chi connectivity index (χ4v) is 3.44. The predicted molar refractivity (Wildman–Crippen MR) is 111 cm³/mol. The van der Waals surface area contributed by atoms with Gasteiger partial charge in [0.15, 0.2) is 11.6 Å². The first-order chi connectivity index (χ1) is 16.3. The van der Waals surface area contributed by atoms with Crippen LogP contribution in [0.25, 0.3) is 0 Å². The van der Waals surface area contributed by atoms with Crippen LogP contribution >= 0.6 is 0 Å². The maximum atomic E-state index is 14.7. The van der Waals surface area contributed by atoms with Gasteiger partial charge in [0.1, 0.15) is 29.6 Å². The Morgan fingerprint density at radius 2 is 1.85 bits per heavy atom. The van der Waals surface area contributed by atoms with Gasteiger partial charge in [-0.2, -0.15) is 0 Å². The molecule has 0 spiro atoms. The lowest BCUT2D eigenvalue weighted by atomic mass is 9.96. The number of pyridine rings is 1. The van der Waals surface area contributed by atoms with Gasteiger partial charge in [-0.15, -0.1) is 0 Å². The zero-order chi connectivity index (χ0) is 24.2. The second kappa shape index (κ2) is 9.77. The summed E-state index contributed by atoms with van der Waals surface area (Å²) in [7, 11) is 0. The third kappa shape index (κ3) is 4.92. The summed E-state index contributed by atoms with van der Waals surface area (Å²) in [6, 6.07) is 7.15. The van der Waals surface area contributed by atoms with Crippen molar-refractivity contribution in [3.05, 3.63) is 88.8 Å². The number of carbonyl (C=O) groups is 2. The van der Waals surface area contributed by atoms with Gasteiger partial charge in [0.25, 0.3) is 5.91 Å². The molecule has 1 aliphatic heterocycles. The summed E-state index contributed by atoms with van der Waals surface area (Å²) in [6.07, 6.45) is 0.778. The number of amides is 2. The van der Waals surface area contributed by atoms with Crippen molar-refractivity contribution in [3.63, 3.8) is 0 Å². The lowest BCUT2D eigenvalue weighted by molar-refractivity contribution is 0.101. The Morgan fingerprint density at radius 3 is 2.59 bits per heavy atom. The number of nitrogens with one attached hydrogen (secondary N) is 2. The Labute approximate surface area is 190 Å². The van der Waals surface area contributed by atoms with E-state index in [4.69, 9.17) is 9.47 Å². The number of halogens is 4. The molecule has 2 heterocycles. The average Bonchev–Trinajstić information content (AvgIpc) is 2.80. The minimum atomic E-state index is -1.23. The van der Waals surface area contributed by atoms with Gasteiger partial charge in [-0.1, -0.05) is 6.07 Å². The van der Waals surface area contributed by atoms with Crippen molar-refractivity contribution in [2.75, 3.05) is 11.9 Å². The molecule has 11 heteroatoms. The summed E-state index contributed by atoms with van der Waals surface area (Å²) >= 11 is 0. The number of ether oxygens (including phenoxy) is 2. The van der Waals surface area contributed by atoms with Crippen molar-refractivity contribution in [1.29, 1.82) is 0 Å². The van der Waals surface area contributed by atoms with E-state index in [1.807, 2.05) is 0 Å². The van der Waals surface area contributed by atoms with Crippen LogP contribution in [0.2, 0.25) is 0 Å². The standard InChI is InChI=1S/C23H17F4N3O4/c24-14-5-4-12(9-15(14)25)29-22(31)20-17(27)10-16(26)19-18(6-8-33-21(19)20)30-23(32)34-11-13-3-1-2-7-28-13/h1-5,7,9-10,18H,6,8,11H2,(H,29,31)(H,30,32)/t18-/m0/s1. The van der Waals surface area contributed by atoms with Crippen molar-refractivity contribution in [1.82, 2.24) is 10.3 Å². The quantitative estimate of drug-likeness (QED) is 0.525. The van der Waals surface area contributed by atoms with Gasteiger partial charge in [-0.25, -0.2) is 22.4 Å². The lowest BCUT2D eigenvalue weighted by Gasteiger charge is -2.28. The number of aromatic nitrogens is 1. The van der Waals surface area contributed by atoms with Crippen LogP contribution in [0, 0.1) is 23.3 Å². The minimum absolute atomic E-state index is 0.0630. The molecule has 34 heavy (non-hydrogen) atoms. The Morgan fingerprint density at radius 1 is 1.03 bits per heavy atom. The van der Waals surface area contributed by atoms with Crippen LogP contribution < -0.4 is 15.4 Å². The summed E-state index contributed by atoms with van der Waals surface area (Å²) < 4.78 is 66.4. The number of benzene rings is 2. The number of anilines is 1. The number of hydrogen-bond acceptors (Lipinski definition) is 5. The van der Waals surface area contributed by atoms with Gasteiger partial charge in [0.2, 0.25) is 0 Å². The summed E-state index contributed by atoms with van der Waals surface area (Å²) in [5.41, 5.74) is -0.535. The molecule has 1 atom stereocenters. The molecule has 0 saturated carbocycles. The number of fused-ring (bicyclic) bond motifs is 1. The molecule has 7 nitrogen and oxygen atoms in total. The highest BCUT2D eigenvalue weighted by atomic mass is 19.2. The van der Waals surface area contributed by atoms with Crippen LogP contribution in [-0.2, 0) is 11.3 Å². The van der Waals surface area contributed by atoms with Crippen LogP contribution in [0.1, 0.15) is 34.1 Å². The van der Waals surface area contributed by atoms with Crippen molar-refractivity contribution in [3.8, 4) is 5.75 Å². The van der Waals surface area contributed by atoms with Crippen molar-refractivity contribution in [2.24, 2.45) is 0 Å². The highest BCUT2D eigenvalue weighted by molar-refractivity contribution is 6.06. The number of alkyl carbamates (subject to hydrolysis) is 1. The van der Waals surface area contributed by atoms with E-state index in [0.29, 0.717) is 17.8 Å². The maximum Gasteiger partial charge on any atom is 0.408 e. The number of rotatable bonds is 5. The molecule has 0 fully saturated rings. The molecule has 0 saturated heterocycles. The molecule has 1 aliphatic rings. The zero-order valence-corrected chi connectivity index (χ0v) is 17.4. The molecule has 0 aliphatic carbocycles. The van der Waals surface area contributed by atoms with Crippen LogP contribution in [0.4, 0.5) is 28.0 Å². The topological polar surface area (TPSA) is 89.5 Å². The molecule has 2 aromatic carbocycles. The molecule has 176 valence electrons. The van der Waals surface area contributed by atoms with Crippen LogP contribution in [0.15, 0.2) is 48.7 Å². The monoisotopic (exact) mass is 475 g/mol. The van der Waals surface area contributed by atoms with E-state index in [9.17, 15) is 27.2 Å². The molecule has 0 radical (unpaired) electrons. The van der Waals surface area contributed by atoms with Crippen molar-refractivity contribution in [2.45, 2.75) is 19.1 Å². The maximum absolute atomic E-state index is 14.7. The summed E-state index contributed by atoms with van der Waals surface area (Å²) in [5, 5.41) is 4.70. The first kappa shape index (κ1) is 23.0. The van der Waals surface area contributed by atoms with E-state index >= 15 is 0 Å². The normalized spacial score (nSPS) is 14.5. The Bertz CT molecular complexity index is 1240. The molecule has 4 rings (SSSR count). The molecule has 2 N–H and O–H groups in total. The second-order valence-corrected chi connectivity index (χ2v) is 7.27. The fourth-order valence-electron chi connectivity index (χ4n) is 3.44. The SMILES string of the molecule is O=C(N[C@H]1CCOc2c(C(=O)Nc3ccc(F)c(F)c3)c(F)cc(F)c21)OCc1ccccn1. The highest BCUT2D eigenvalue weighted by Gasteiger charge is 2.33. The number of hydrogen-bond donors (Lipinski definition) is 2. The van der Waals surface area contributed by atoms with E-state index in [0.717, 1.165) is 12.1 Å². The summed E-state index contributed by atoms with van der Waals surface area (Å²) in [4.78, 5) is 29.0. The number of nitrogens with zero attached hydrogens (tertiary/aromatic N) is 1. The first-order valence-corrected chi connectivity index (χ1v) is 10.1. The second-order valence-electron chi connectivity index (χ2n) is 7.27. The molecular formula is C23H17F4N3O4. The van der Waals surface area contributed by atoms with E-state index in [1.165, 1.54) is 6.20 Å². The molecular weight excluding hydrogens is 458 g/mol. The summed E-state index contributed by atoms with van der Waals surface area (Å²) in [5.74, 6) is -6.09. The molecule has 2 amide bonds. The highest BCUT2D eigenvalue weighted by Crippen LogP contribution is 2.39. The van der Waals surface area contributed by atoms with Gasteiger partial charge in [-0.3, -0.25) is 9.78 Å². The van der Waals surface area contributed by atoms with E-state index in [2.05, 4.69) is 15.6 Å². The van der Waals surface area contributed by atoms with Gasteiger partial charge in [-0.05, 0) is 24.3 Å². The fraction of sp³-hybridized carbons (Fsp3) is 0.174. The Balaban J connectivity index is 1.55. The minimum Gasteiger partial charge on any atom is -0.492 e. The summed E-state index contributed by atoms with van der Waals surface area (Å²) in [6.45, 7) is -0.191. The smallest absolute Gasteiger partial charge is 0.408 e.